The second-order valence-corrected chi connectivity index (χ2v) is 10.4. The molecule has 3 aromatic rings. The van der Waals surface area contributed by atoms with Gasteiger partial charge in [0.1, 0.15) is 10.6 Å². The van der Waals surface area contributed by atoms with E-state index in [-0.39, 0.29) is 30.0 Å². The number of amides is 3. The van der Waals surface area contributed by atoms with Gasteiger partial charge >= 0.3 is 0 Å². The van der Waals surface area contributed by atoms with Crippen LogP contribution in [0.4, 0.5) is 11.4 Å². The molecular formula is C25H22BrN3O4S2. The summed E-state index contributed by atoms with van der Waals surface area (Å²) < 4.78 is 5.98. The van der Waals surface area contributed by atoms with Crippen molar-refractivity contribution in [2.24, 2.45) is 0 Å². The molecule has 2 heterocycles. The van der Waals surface area contributed by atoms with Crippen LogP contribution >= 0.6 is 39.0 Å². The lowest BCUT2D eigenvalue weighted by Crippen LogP contribution is -2.33. The first kappa shape index (κ1) is 25.2. The maximum atomic E-state index is 13.2. The molecule has 1 aromatic heterocycles. The van der Waals surface area contributed by atoms with E-state index in [1.807, 2.05) is 47.8 Å². The maximum absolute atomic E-state index is 13.2. The van der Waals surface area contributed by atoms with Crippen LogP contribution in [0, 0.1) is 0 Å². The average Bonchev–Trinajstić information content (AvgIpc) is 3.47. The van der Waals surface area contributed by atoms with E-state index in [2.05, 4.69) is 26.6 Å². The van der Waals surface area contributed by atoms with Gasteiger partial charge in [-0.25, -0.2) is 0 Å². The summed E-state index contributed by atoms with van der Waals surface area (Å²) in [6, 6.07) is 18.1. The van der Waals surface area contributed by atoms with Crippen LogP contribution in [0.3, 0.4) is 0 Å². The van der Waals surface area contributed by atoms with Crippen LogP contribution in [-0.4, -0.2) is 42.9 Å². The Labute approximate surface area is 219 Å². The third-order valence-corrected chi connectivity index (χ3v) is 7.53. The van der Waals surface area contributed by atoms with Crippen molar-refractivity contribution in [1.29, 1.82) is 0 Å². The van der Waals surface area contributed by atoms with Gasteiger partial charge in [-0.1, -0.05) is 33.8 Å². The quantitative estimate of drug-likeness (QED) is 0.244. The van der Waals surface area contributed by atoms with Gasteiger partial charge in [0, 0.05) is 41.0 Å². The molecule has 35 heavy (non-hydrogen) atoms. The number of carbonyl (C=O) groups excluding carboxylic acids is 3. The summed E-state index contributed by atoms with van der Waals surface area (Å²) in [4.78, 5) is 41.6. The molecule has 10 heteroatoms. The van der Waals surface area contributed by atoms with Gasteiger partial charge < -0.3 is 15.4 Å². The van der Waals surface area contributed by atoms with Crippen molar-refractivity contribution in [2.75, 3.05) is 30.9 Å². The number of hydrogen-bond acceptors (Lipinski definition) is 7. The van der Waals surface area contributed by atoms with Crippen molar-refractivity contribution >= 4 is 68.1 Å². The Morgan fingerprint density at radius 3 is 2.40 bits per heavy atom. The minimum Gasteiger partial charge on any atom is -0.385 e. The normalized spacial score (nSPS) is 13.5. The highest BCUT2D eigenvalue weighted by Gasteiger charge is 2.38. The van der Waals surface area contributed by atoms with E-state index in [1.165, 1.54) is 28.0 Å². The van der Waals surface area contributed by atoms with E-state index in [4.69, 9.17) is 4.74 Å². The molecule has 2 aromatic carbocycles. The zero-order valence-electron chi connectivity index (χ0n) is 18.7. The van der Waals surface area contributed by atoms with Crippen LogP contribution in [0.5, 0.6) is 0 Å². The second kappa shape index (κ2) is 11.7. The summed E-state index contributed by atoms with van der Waals surface area (Å²) in [6.45, 7) is 0.725. The number of rotatable bonds is 10. The number of carbonyl (C=O) groups is 3. The topological polar surface area (TPSA) is 87.7 Å². The van der Waals surface area contributed by atoms with Gasteiger partial charge in [-0.3, -0.25) is 19.3 Å². The number of benzene rings is 2. The molecular weight excluding hydrogens is 550 g/mol. The molecule has 0 aliphatic carbocycles. The van der Waals surface area contributed by atoms with Crippen molar-refractivity contribution in [1.82, 2.24) is 4.90 Å². The van der Waals surface area contributed by atoms with Crippen molar-refractivity contribution < 1.29 is 19.1 Å². The minimum atomic E-state index is -0.364. The number of imide groups is 1. The number of hydrogen-bond donors (Lipinski definition) is 2. The number of anilines is 2. The first-order valence-electron chi connectivity index (χ1n) is 10.7. The van der Waals surface area contributed by atoms with Crippen molar-refractivity contribution in [3.8, 4) is 0 Å². The predicted molar refractivity (Wildman–Crippen MR) is 143 cm³/mol. The second-order valence-electron chi connectivity index (χ2n) is 7.50. The van der Waals surface area contributed by atoms with E-state index in [1.54, 1.807) is 25.3 Å². The Balaban J connectivity index is 1.53. The van der Waals surface area contributed by atoms with Crippen LogP contribution in [0.1, 0.15) is 16.1 Å². The minimum absolute atomic E-state index is 0.174. The Morgan fingerprint density at radius 1 is 1.03 bits per heavy atom. The summed E-state index contributed by atoms with van der Waals surface area (Å²) >= 11 is 5.99. The zero-order chi connectivity index (χ0) is 24.8. The molecule has 0 fully saturated rings. The van der Waals surface area contributed by atoms with Crippen molar-refractivity contribution in [2.45, 2.75) is 11.3 Å². The first-order chi connectivity index (χ1) is 17.0. The molecule has 0 saturated heterocycles. The van der Waals surface area contributed by atoms with Crippen molar-refractivity contribution in [3.63, 3.8) is 0 Å². The molecule has 1 aliphatic rings. The largest absolute Gasteiger partial charge is 0.385 e. The third kappa shape index (κ3) is 6.21. The van der Waals surface area contributed by atoms with E-state index in [9.17, 15) is 14.4 Å². The maximum Gasteiger partial charge on any atom is 0.278 e. The Morgan fingerprint density at radius 2 is 1.74 bits per heavy atom. The predicted octanol–water partition coefficient (Wildman–Crippen LogP) is 5.58. The molecule has 0 bridgehead atoms. The van der Waals surface area contributed by atoms with Crippen LogP contribution < -0.4 is 10.6 Å². The molecule has 2 N–H and O–H groups in total. The van der Waals surface area contributed by atoms with Gasteiger partial charge in [0.05, 0.1) is 4.88 Å². The monoisotopic (exact) mass is 571 g/mol. The lowest BCUT2D eigenvalue weighted by atomic mass is 10.3. The molecule has 0 unspecified atom stereocenters. The highest BCUT2D eigenvalue weighted by molar-refractivity contribution is 9.10. The number of thioether (sulfide) groups is 1. The molecule has 0 spiro atoms. The van der Waals surface area contributed by atoms with Crippen LogP contribution in [-0.2, 0) is 14.3 Å². The highest BCUT2D eigenvalue weighted by atomic mass is 79.9. The van der Waals surface area contributed by atoms with Gasteiger partial charge in [-0.2, -0.15) is 0 Å². The molecule has 4 rings (SSSR count). The van der Waals surface area contributed by atoms with E-state index < -0.39 is 0 Å². The fraction of sp³-hybridized carbons (Fsp3) is 0.160. The molecule has 0 radical (unpaired) electrons. The van der Waals surface area contributed by atoms with Gasteiger partial charge in [0.25, 0.3) is 17.7 Å². The molecule has 3 amide bonds. The number of thiophene rings is 1. The number of ether oxygens (including phenoxy) is 1. The van der Waals surface area contributed by atoms with Gasteiger partial charge in [0.2, 0.25) is 0 Å². The number of methoxy groups -OCH3 is 1. The lowest BCUT2D eigenvalue weighted by Gasteiger charge is -2.14. The van der Waals surface area contributed by atoms with E-state index >= 15 is 0 Å². The summed E-state index contributed by atoms with van der Waals surface area (Å²) in [6.07, 6.45) is 0.552. The van der Waals surface area contributed by atoms with E-state index in [0.29, 0.717) is 34.2 Å². The lowest BCUT2D eigenvalue weighted by molar-refractivity contribution is -0.137. The van der Waals surface area contributed by atoms with E-state index in [0.717, 1.165) is 9.37 Å². The van der Waals surface area contributed by atoms with Crippen molar-refractivity contribution in [3.05, 3.63) is 86.0 Å². The summed E-state index contributed by atoms with van der Waals surface area (Å²) in [5.74, 6) is -0.880. The third-order valence-electron chi connectivity index (χ3n) is 5.05. The summed E-state index contributed by atoms with van der Waals surface area (Å²) in [5.41, 5.74) is 1.59. The molecule has 1 aliphatic heterocycles. The summed E-state index contributed by atoms with van der Waals surface area (Å²) in [5, 5.41) is 7.83. The highest BCUT2D eigenvalue weighted by Crippen LogP contribution is 2.36. The fourth-order valence-electron chi connectivity index (χ4n) is 3.33. The average molecular weight is 573 g/mol. The first-order valence-corrected chi connectivity index (χ1v) is 13.2. The van der Waals surface area contributed by atoms with Crippen LogP contribution in [0.2, 0.25) is 0 Å². The number of nitrogens with zero attached hydrogens (tertiary/aromatic N) is 1. The standard InChI is InChI=1S/C25H22BrN3O4S2/c1-33-14-3-13-29-24(31)21(27-17-7-5-16(26)6-8-17)22(25(29)32)35-19-11-9-18(10-12-19)28-23(30)20-4-2-15-34-20/h2,4-12,15,27H,3,13-14H2,1H3,(H,28,30). The Kier molecular flexibility index (Phi) is 8.40. The van der Waals surface area contributed by atoms with Gasteiger partial charge in [-0.15, -0.1) is 11.3 Å². The Bertz CT molecular complexity index is 1240. The molecule has 0 saturated carbocycles. The molecule has 7 nitrogen and oxygen atoms in total. The molecule has 0 atom stereocenters. The SMILES string of the molecule is COCCCN1C(=O)C(Nc2ccc(Br)cc2)=C(Sc2ccc(NC(=O)c3cccs3)cc2)C1=O. The smallest absolute Gasteiger partial charge is 0.278 e. The van der Waals surface area contributed by atoms with Gasteiger partial charge in [0.15, 0.2) is 0 Å². The number of nitrogens with one attached hydrogen (secondary N) is 2. The summed E-state index contributed by atoms with van der Waals surface area (Å²) in [7, 11) is 1.58. The Hall–Kier alpha value is -2.92. The fourth-order valence-corrected chi connectivity index (χ4v) is 5.16. The van der Waals surface area contributed by atoms with Crippen LogP contribution in [0.25, 0.3) is 0 Å². The number of halogens is 1. The van der Waals surface area contributed by atoms with Crippen LogP contribution in [0.15, 0.2) is 86.0 Å². The van der Waals surface area contributed by atoms with Gasteiger partial charge in [-0.05, 0) is 66.4 Å². The zero-order valence-corrected chi connectivity index (χ0v) is 22.0. The molecule has 180 valence electrons.